The minimum absolute atomic E-state index is 0.239. The molecule has 3 nitrogen and oxygen atoms in total. The average Bonchev–Trinajstić information content (AvgIpc) is 2.15. The fourth-order valence-corrected chi connectivity index (χ4v) is 2.49. The second kappa shape index (κ2) is 7.97. The van der Waals surface area contributed by atoms with Crippen molar-refractivity contribution in [3.05, 3.63) is 0 Å². The molecule has 0 radical (unpaired) electrons. The van der Waals surface area contributed by atoms with Crippen LogP contribution < -0.4 is 0 Å². The Hall–Kier alpha value is -0.380. The topological polar surface area (TPSA) is 43.4 Å². The Morgan fingerprint density at radius 1 is 1.43 bits per heavy atom. The van der Waals surface area contributed by atoms with Crippen molar-refractivity contribution in [2.24, 2.45) is 5.92 Å². The highest BCUT2D eigenvalue weighted by Gasteiger charge is 2.16. The van der Waals surface area contributed by atoms with Crippen LogP contribution in [0.25, 0.3) is 0 Å². The van der Waals surface area contributed by atoms with Gasteiger partial charge in [-0.3, -0.25) is 9.00 Å². The number of unbranched alkanes of at least 4 members (excludes halogenated alkanes) is 1. The van der Waals surface area contributed by atoms with Gasteiger partial charge in [0.05, 0.1) is 12.5 Å². The molecule has 0 saturated carbocycles. The standard InChI is InChI=1S/C10H20O3S/c1-4-6-7-14(12)8-9(3)10(11)13-5-2/h9H,4-8H2,1-3H3. The first-order valence-corrected chi connectivity index (χ1v) is 6.62. The quantitative estimate of drug-likeness (QED) is 0.614. The lowest BCUT2D eigenvalue weighted by molar-refractivity contribution is -0.146. The highest BCUT2D eigenvalue weighted by Crippen LogP contribution is 2.03. The van der Waals surface area contributed by atoms with Crippen molar-refractivity contribution < 1.29 is 13.7 Å². The Balaban J connectivity index is 3.75. The molecule has 0 heterocycles. The molecule has 84 valence electrons. The lowest BCUT2D eigenvalue weighted by Gasteiger charge is -2.09. The van der Waals surface area contributed by atoms with E-state index in [1.54, 1.807) is 13.8 Å². The van der Waals surface area contributed by atoms with Gasteiger partial charge in [0.15, 0.2) is 0 Å². The fraction of sp³-hybridized carbons (Fsp3) is 0.900. The second-order valence-electron chi connectivity index (χ2n) is 3.32. The molecule has 0 aliphatic heterocycles. The third-order valence-corrected chi connectivity index (χ3v) is 3.47. The van der Waals surface area contributed by atoms with Gasteiger partial charge in [-0.15, -0.1) is 0 Å². The number of hydrogen-bond acceptors (Lipinski definition) is 3. The van der Waals surface area contributed by atoms with Gasteiger partial charge in [0, 0.05) is 22.3 Å². The van der Waals surface area contributed by atoms with Gasteiger partial charge in [-0.2, -0.15) is 0 Å². The number of hydrogen-bond donors (Lipinski definition) is 0. The molecule has 0 fully saturated rings. The van der Waals surface area contributed by atoms with Gasteiger partial charge >= 0.3 is 5.97 Å². The molecule has 0 aliphatic rings. The van der Waals surface area contributed by atoms with Crippen LogP contribution in [0.5, 0.6) is 0 Å². The van der Waals surface area contributed by atoms with Gasteiger partial charge in [0.2, 0.25) is 0 Å². The van der Waals surface area contributed by atoms with Crippen LogP contribution in [-0.4, -0.2) is 28.3 Å². The predicted octanol–water partition coefficient (Wildman–Crippen LogP) is 1.73. The van der Waals surface area contributed by atoms with E-state index in [1.807, 2.05) is 0 Å². The van der Waals surface area contributed by atoms with E-state index in [0.717, 1.165) is 12.8 Å². The van der Waals surface area contributed by atoms with E-state index in [2.05, 4.69) is 6.92 Å². The molecule has 4 heteroatoms. The van der Waals surface area contributed by atoms with E-state index >= 15 is 0 Å². The summed E-state index contributed by atoms with van der Waals surface area (Å²) >= 11 is 0. The minimum Gasteiger partial charge on any atom is -0.466 e. The molecule has 14 heavy (non-hydrogen) atoms. The molecule has 0 rings (SSSR count). The highest BCUT2D eigenvalue weighted by molar-refractivity contribution is 7.85. The van der Waals surface area contributed by atoms with Crippen LogP contribution in [0.4, 0.5) is 0 Å². The zero-order chi connectivity index (χ0) is 11.0. The fourth-order valence-electron chi connectivity index (χ4n) is 1.02. The molecule has 0 aromatic heterocycles. The van der Waals surface area contributed by atoms with E-state index in [1.165, 1.54) is 0 Å². The van der Waals surface area contributed by atoms with Crippen LogP contribution in [0.1, 0.15) is 33.6 Å². The molecule has 0 amide bonds. The van der Waals surface area contributed by atoms with Gasteiger partial charge in [-0.25, -0.2) is 0 Å². The van der Waals surface area contributed by atoms with E-state index in [0.29, 0.717) is 18.1 Å². The summed E-state index contributed by atoms with van der Waals surface area (Å²) in [5.74, 6) is 0.643. The number of esters is 1. The lowest BCUT2D eigenvalue weighted by Crippen LogP contribution is -2.21. The summed E-state index contributed by atoms with van der Waals surface area (Å²) in [7, 11) is -0.875. The van der Waals surface area contributed by atoms with Crippen LogP contribution in [0.15, 0.2) is 0 Å². The average molecular weight is 220 g/mol. The number of ether oxygens (including phenoxy) is 1. The van der Waals surface area contributed by atoms with Crippen LogP contribution in [0.2, 0.25) is 0 Å². The third kappa shape index (κ3) is 6.13. The van der Waals surface area contributed by atoms with Gasteiger partial charge in [0.1, 0.15) is 0 Å². The van der Waals surface area contributed by atoms with Crippen molar-refractivity contribution in [1.82, 2.24) is 0 Å². The first kappa shape index (κ1) is 13.6. The van der Waals surface area contributed by atoms with Crippen molar-refractivity contribution >= 4 is 16.8 Å². The first-order valence-electron chi connectivity index (χ1n) is 5.13. The van der Waals surface area contributed by atoms with Crippen molar-refractivity contribution in [2.45, 2.75) is 33.6 Å². The molecule has 0 aliphatic carbocycles. The molecule has 0 saturated heterocycles. The van der Waals surface area contributed by atoms with Crippen LogP contribution in [0, 0.1) is 5.92 Å². The molecular weight excluding hydrogens is 200 g/mol. The summed E-state index contributed by atoms with van der Waals surface area (Å²) in [5, 5.41) is 0. The number of carbonyl (C=O) groups is 1. The number of carbonyl (C=O) groups excluding carboxylic acids is 1. The van der Waals surface area contributed by atoms with E-state index < -0.39 is 10.8 Å². The second-order valence-corrected chi connectivity index (χ2v) is 4.94. The predicted molar refractivity (Wildman–Crippen MR) is 58.6 cm³/mol. The smallest absolute Gasteiger partial charge is 0.309 e. The van der Waals surface area contributed by atoms with Gasteiger partial charge in [0.25, 0.3) is 0 Å². The van der Waals surface area contributed by atoms with Gasteiger partial charge in [-0.05, 0) is 13.3 Å². The lowest BCUT2D eigenvalue weighted by atomic mass is 10.2. The van der Waals surface area contributed by atoms with Crippen LogP contribution in [-0.2, 0) is 20.3 Å². The van der Waals surface area contributed by atoms with Crippen LogP contribution in [0.3, 0.4) is 0 Å². The van der Waals surface area contributed by atoms with Crippen molar-refractivity contribution in [3.63, 3.8) is 0 Å². The molecule has 0 N–H and O–H groups in total. The molecule has 0 aromatic carbocycles. The number of rotatable bonds is 7. The Morgan fingerprint density at radius 2 is 2.07 bits per heavy atom. The summed E-state index contributed by atoms with van der Waals surface area (Å²) in [6.07, 6.45) is 2.00. The Labute approximate surface area is 88.7 Å². The monoisotopic (exact) mass is 220 g/mol. The zero-order valence-corrected chi connectivity index (χ0v) is 10.1. The zero-order valence-electron chi connectivity index (χ0n) is 9.25. The maximum Gasteiger partial charge on any atom is 0.309 e. The molecule has 2 unspecified atom stereocenters. The maximum absolute atomic E-state index is 11.4. The van der Waals surface area contributed by atoms with E-state index in [4.69, 9.17) is 4.74 Å². The summed E-state index contributed by atoms with van der Waals surface area (Å²) in [4.78, 5) is 11.2. The molecule has 2 atom stereocenters. The summed E-state index contributed by atoms with van der Waals surface area (Å²) in [6, 6.07) is 0. The first-order chi connectivity index (χ1) is 6.61. The summed E-state index contributed by atoms with van der Waals surface area (Å²) in [6.45, 7) is 6.00. The van der Waals surface area contributed by atoms with Gasteiger partial charge < -0.3 is 4.74 Å². The SMILES string of the molecule is CCCCS(=O)CC(C)C(=O)OCC. The summed E-state index contributed by atoms with van der Waals surface area (Å²) in [5.41, 5.74) is 0. The Bertz CT molecular complexity index is 192. The molecule has 0 bridgehead atoms. The maximum atomic E-state index is 11.4. The van der Waals surface area contributed by atoms with E-state index in [9.17, 15) is 9.00 Å². The van der Waals surface area contributed by atoms with Gasteiger partial charge in [-0.1, -0.05) is 20.3 Å². The van der Waals surface area contributed by atoms with Crippen molar-refractivity contribution in [1.29, 1.82) is 0 Å². The summed E-state index contributed by atoms with van der Waals surface area (Å²) < 4.78 is 16.3. The Morgan fingerprint density at radius 3 is 2.57 bits per heavy atom. The molecular formula is C10H20O3S. The third-order valence-electron chi connectivity index (χ3n) is 1.85. The van der Waals surface area contributed by atoms with Crippen molar-refractivity contribution in [2.75, 3.05) is 18.1 Å². The largest absolute Gasteiger partial charge is 0.466 e. The van der Waals surface area contributed by atoms with E-state index in [-0.39, 0.29) is 11.9 Å². The van der Waals surface area contributed by atoms with Crippen molar-refractivity contribution in [3.8, 4) is 0 Å². The highest BCUT2D eigenvalue weighted by atomic mass is 32.2. The molecule has 0 spiro atoms. The molecule has 0 aromatic rings. The van der Waals surface area contributed by atoms with Crippen LogP contribution >= 0.6 is 0 Å². The Kier molecular flexibility index (Phi) is 7.76. The minimum atomic E-state index is -0.875. The normalized spacial score (nSPS) is 14.8.